The summed E-state index contributed by atoms with van der Waals surface area (Å²) in [5.41, 5.74) is 1.28. The van der Waals surface area contributed by atoms with Gasteiger partial charge in [-0.25, -0.2) is 4.52 Å². The van der Waals surface area contributed by atoms with Gasteiger partial charge in [0.1, 0.15) is 0 Å². The van der Waals surface area contributed by atoms with E-state index in [-0.39, 0.29) is 18.2 Å². The molecule has 0 saturated carbocycles. The highest BCUT2D eigenvalue weighted by Crippen LogP contribution is 2.10. The van der Waals surface area contributed by atoms with Crippen LogP contribution in [0.5, 0.6) is 0 Å². The topological polar surface area (TPSA) is 83.7 Å². The molecule has 2 aromatic rings. The molecule has 6 nitrogen and oxygen atoms in total. The summed E-state index contributed by atoms with van der Waals surface area (Å²) >= 11 is 0. The summed E-state index contributed by atoms with van der Waals surface area (Å²) in [6.45, 7) is 2.37. The van der Waals surface area contributed by atoms with Crippen molar-refractivity contribution in [2.75, 3.05) is 6.54 Å². The van der Waals surface area contributed by atoms with E-state index >= 15 is 0 Å². The number of hydrogen-bond acceptors (Lipinski definition) is 3. The fraction of sp³-hybridized carbons (Fsp3) is 0.357. The first-order chi connectivity index (χ1) is 9.58. The van der Waals surface area contributed by atoms with Gasteiger partial charge in [-0.15, -0.1) is 0 Å². The first-order valence-electron chi connectivity index (χ1n) is 6.50. The normalized spacial score (nSPS) is 12.2. The van der Waals surface area contributed by atoms with Gasteiger partial charge in [0.25, 0.3) is 5.91 Å². The van der Waals surface area contributed by atoms with Crippen LogP contribution in [-0.2, 0) is 4.79 Å². The Hall–Kier alpha value is -2.37. The first-order valence-corrected chi connectivity index (χ1v) is 6.50. The third kappa shape index (κ3) is 3.34. The maximum absolute atomic E-state index is 12.1. The number of hydrogen-bond donors (Lipinski definition) is 2. The lowest BCUT2D eigenvalue weighted by Crippen LogP contribution is -2.28. The van der Waals surface area contributed by atoms with Crippen molar-refractivity contribution in [3.8, 4) is 0 Å². The van der Waals surface area contributed by atoms with Crippen molar-refractivity contribution < 1.29 is 14.7 Å². The summed E-state index contributed by atoms with van der Waals surface area (Å²) in [5.74, 6) is -0.879. The molecule has 0 radical (unpaired) electrons. The summed E-state index contributed by atoms with van der Waals surface area (Å²) in [4.78, 5) is 22.6. The van der Waals surface area contributed by atoms with Crippen LogP contribution in [0.15, 0.2) is 30.6 Å². The smallest absolute Gasteiger partial charge is 0.303 e. The third-order valence-electron chi connectivity index (χ3n) is 3.13. The molecular weight excluding hydrogens is 258 g/mol. The summed E-state index contributed by atoms with van der Waals surface area (Å²) in [6, 6.07) is 5.52. The zero-order chi connectivity index (χ0) is 14.5. The molecule has 0 fully saturated rings. The number of amides is 1. The van der Waals surface area contributed by atoms with Crippen LogP contribution in [0.4, 0.5) is 0 Å². The molecule has 0 aliphatic heterocycles. The second-order valence-electron chi connectivity index (χ2n) is 4.84. The maximum atomic E-state index is 12.1. The van der Waals surface area contributed by atoms with E-state index in [2.05, 4.69) is 10.4 Å². The lowest BCUT2D eigenvalue weighted by Gasteiger charge is -2.10. The number of aromatic nitrogens is 2. The van der Waals surface area contributed by atoms with Crippen LogP contribution in [0, 0.1) is 5.92 Å². The number of carbonyl (C=O) groups is 2. The van der Waals surface area contributed by atoms with Gasteiger partial charge in [0.15, 0.2) is 0 Å². The molecule has 2 N–H and O–H groups in total. The average Bonchev–Trinajstić information content (AvgIpc) is 2.86. The standard InChI is InChI=1S/C14H17N3O3/c1-10(5-6-13(18)19)8-15-14(20)11-9-16-17-7-3-2-4-12(11)17/h2-4,7,9-10H,5-6,8H2,1H3,(H,15,20)(H,18,19). The number of carboxylic acid groups (broad SMARTS) is 1. The molecule has 0 aliphatic rings. The fourth-order valence-corrected chi connectivity index (χ4v) is 1.94. The second kappa shape index (κ2) is 6.18. The van der Waals surface area contributed by atoms with E-state index in [0.29, 0.717) is 18.5 Å². The first kappa shape index (κ1) is 14.0. The highest BCUT2D eigenvalue weighted by molar-refractivity contribution is 6.00. The molecule has 2 aromatic heterocycles. The number of nitrogens with zero attached hydrogens (tertiary/aromatic N) is 2. The van der Waals surface area contributed by atoms with Crippen molar-refractivity contribution >= 4 is 17.4 Å². The van der Waals surface area contributed by atoms with E-state index in [1.54, 1.807) is 10.7 Å². The SMILES string of the molecule is CC(CCC(=O)O)CNC(=O)c1cnn2ccccc12. The lowest BCUT2D eigenvalue weighted by atomic mass is 10.1. The van der Waals surface area contributed by atoms with Gasteiger partial charge in [0, 0.05) is 19.2 Å². The van der Waals surface area contributed by atoms with Crippen molar-refractivity contribution in [3.63, 3.8) is 0 Å². The van der Waals surface area contributed by atoms with Gasteiger partial charge in [0.05, 0.1) is 17.3 Å². The third-order valence-corrected chi connectivity index (χ3v) is 3.13. The van der Waals surface area contributed by atoms with E-state index < -0.39 is 5.97 Å². The van der Waals surface area contributed by atoms with E-state index in [1.807, 2.05) is 25.1 Å². The Bertz CT molecular complexity index is 621. The number of aliphatic carboxylic acids is 1. The number of carbonyl (C=O) groups excluding carboxylic acids is 1. The zero-order valence-corrected chi connectivity index (χ0v) is 11.2. The minimum Gasteiger partial charge on any atom is -0.481 e. The number of pyridine rings is 1. The Balaban J connectivity index is 1.93. The lowest BCUT2D eigenvalue weighted by molar-refractivity contribution is -0.137. The predicted molar refractivity (Wildman–Crippen MR) is 73.6 cm³/mol. The highest BCUT2D eigenvalue weighted by Gasteiger charge is 2.13. The van der Waals surface area contributed by atoms with Crippen molar-refractivity contribution in [2.24, 2.45) is 5.92 Å². The quantitative estimate of drug-likeness (QED) is 0.838. The van der Waals surface area contributed by atoms with Gasteiger partial charge >= 0.3 is 5.97 Å². The molecule has 0 spiro atoms. The van der Waals surface area contributed by atoms with Crippen LogP contribution in [0.25, 0.3) is 5.52 Å². The Kier molecular flexibility index (Phi) is 4.34. The van der Waals surface area contributed by atoms with Crippen LogP contribution in [0.3, 0.4) is 0 Å². The number of carboxylic acids is 1. The number of fused-ring (bicyclic) bond motifs is 1. The van der Waals surface area contributed by atoms with E-state index in [4.69, 9.17) is 5.11 Å². The van der Waals surface area contributed by atoms with Crippen molar-refractivity contribution in [1.29, 1.82) is 0 Å². The molecule has 6 heteroatoms. The molecule has 0 aliphatic carbocycles. The Morgan fingerprint density at radius 2 is 2.25 bits per heavy atom. The van der Waals surface area contributed by atoms with E-state index in [1.165, 1.54) is 6.20 Å². The summed E-state index contributed by atoms with van der Waals surface area (Å²) in [5, 5.41) is 15.5. The Morgan fingerprint density at radius 1 is 1.45 bits per heavy atom. The van der Waals surface area contributed by atoms with Crippen LogP contribution in [0.2, 0.25) is 0 Å². The molecule has 1 amide bonds. The van der Waals surface area contributed by atoms with E-state index in [9.17, 15) is 9.59 Å². The van der Waals surface area contributed by atoms with Gasteiger partial charge < -0.3 is 10.4 Å². The number of rotatable bonds is 6. The van der Waals surface area contributed by atoms with Crippen molar-refractivity contribution in [3.05, 3.63) is 36.2 Å². The second-order valence-corrected chi connectivity index (χ2v) is 4.84. The summed E-state index contributed by atoms with van der Waals surface area (Å²) in [7, 11) is 0. The molecule has 0 bridgehead atoms. The molecule has 20 heavy (non-hydrogen) atoms. The molecule has 2 rings (SSSR count). The minimum absolute atomic E-state index is 0.119. The summed E-state index contributed by atoms with van der Waals surface area (Å²) in [6.07, 6.45) is 3.98. The largest absolute Gasteiger partial charge is 0.481 e. The maximum Gasteiger partial charge on any atom is 0.303 e. The van der Waals surface area contributed by atoms with Crippen LogP contribution in [0.1, 0.15) is 30.1 Å². The Labute approximate surface area is 116 Å². The zero-order valence-electron chi connectivity index (χ0n) is 11.2. The molecule has 106 valence electrons. The molecule has 1 unspecified atom stereocenters. The van der Waals surface area contributed by atoms with Gasteiger partial charge in [-0.1, -0.05) is 13.0 Å². The molecule has 0 saturated heterocycles. The number of nitrogens with one attached hydrogen (secondary N) is 1. The van der Waals surface area contributed by atoms with Crippen LogP contribution in [-0.4, -0.2) is 33.1 Å². The van der Waals surface area contributed by atoms with Crippen LogP contribution < -0.4 is 5.32 Å². The van der Waals surface area contributed by atoms with Gasteiger partial charge in [-0.3, -0.25) is 9.59 Å². The van der Waals surface area contributed by atoms with Crippen molar-refractivity contribution in [2.45, 2.75) is 19.8 Å². The molecular formula is C14H17N3O3. The molecule has 1 atom stereocenters. The highest BCUT2D eigenvalue weighted by atomic mass is 16.4. The monoisotopic (exact) mass is 275 g/mol. The fourth-order valence-electron chi connectivity index (χ4n) is 1.94. The van der Waals surface area contributed by atoms with Gasteiger partial charge in [0.2, 0.25) is 0 Å². The van der Waals surface area contributed by atoms with Crippen molar-refractivity contribution in [1.82, 2.24) is 14.9 Å². The predicted octanol–water partition coefficient (Wildman–Crippen LogP) is 1.56. The average molecular weight is 275 g/mol. The minimum atomic E-state index is -0.814. The summed E-state index contributed by atoms with van der Waals surface area (Å²) < 4.78 is 1.64. The van der Waals surface area contributed by atoms with Gasteiger partial charge in [-0.2, -0.15) is 5.10 Å². The Morgan fingerprint density at radius 3 is 3.00 bits per heavy atom. The van der Waals surface area contributed by atoms with Gasteiger partial charge in [-0.05, 0) is 24.5 Å². The van der Waals surface area contributed by atoms with E-state index in [0.717, 1.165) is 5.52 Å². The molecule has 0 aromatic carbocycles. The van der Waals surface area contributed by atoms with Crippen LogP contribution >= 0.6 is 0 Å². The molecule has 2 heterocycles.